The molecule has 0 aliphatic heterocycles. The summed E-state index contributed by atoms with van der Waals surface area (Å²) in [5.74, 6) is 3.65. The molecule has 0 N–H and O–H groups in total. The van der Waals surface area contributed by atoms with Crippen molar-refractivity contribution < 1.29 is 18.9 Å². The molecular formula is C96H127BrO4. The molecule has 0 bridgehead atoms. The van der Waals surface area contributed by atoms with Crippen molar-refractivity contribution in [3.63, 3.8) is 0 Å². The van der Waals surface area contributed by atoms with E-state index >= 15 is 0 Å². The number of benzene rings is 9. The van der Waals surface area contributed by atoms with Crippen molar-refractivity contribution in [1.29, 1.82) is 0 Å². The van der Waals surface area contributed by atoms with Crippen molar-refractivity contribution in [3.05, 3.63) is 201 Å². The zero-order chi connectivity index (χ0) is 70.2. The van der Waals surface area contributed by atoms with Gasteiger partial charge in [-0.05, 0) is 198 Å². The number of fused-ring (bicyclic) bond motifs is 4. The normalized spacial score (nSPS) is 11.6. The molecule has 0 atom stereocenters. The van der Waals surface area contributed by atoms with Gasteiger partial charge in [0.1, 0.15) is 23.0 Å². The van der Waals surface area contributed by atoms with Crippen molar-refractivity contribution in [3.8, 4) is 23.0 Å². The summed E-state index contributed by atoms with van der Waals surface area (Å²) in [6, 6.07) is 61.7. The van der Waals surface area contributed by atoms with Gasteiger partial charge in [0.2, 0.25) is 0 Å². The van der Waals surface area contributed by atoms with Crippen LogP contribution in [-0.2, 0) is 0 Å². The van der Waals surface area contributed by atoms with Crippen molar-refractivity contribution in [2.24, 2.45) is 0 Å². The van der Waals surface area contributed by atoms with Gasteiger partial charge in [0, 0.05) is 4.47 Å². The molecule has 542 valence electrons. The number of hydrogen-bond donors (Lipinski definition) is 0. The quantitative estimate of drug-likeness (QED) is 0.0281. The predicted octanol–water partition coefficient (Wildman–Crippen LogP) is 28.8. The van der Waals surface area contributed by atoms with Crippen LogP contribution in [0.5, 0.6) is 23.0 Å². The first-order chi connectivity index (χ1) is 50.0. The highest BCUT2D eigenvalue weighted by atomic mass is 79.9. The lowest BCUT2D eigenvalue weighted by Crippen LogP contribution is -2.21. The van der Waals surface area contributed by atoms with Crippen LogP contribution in [0.2, 0.25) is 0 Å². The summed E-state index contributed by atoms with van der Waals surface area (Å²) in [6.45, 7) is 12.1. The second-order valence-corrected chi connectivity index (χ2v) is 30.3. The molecule has 4 nitrogen and oxygen atoms in total. The van der Waals surface area contributed by atoms with Crippen LogP contribution in [0.1, 0.15) is 307 Å². The molecule has 0 aromatic heterocycles. The molecule has 0 spiro atoms. The van der Waals surface area contributed by atoms with Gasteiger partial charge in [-0.2, -0.15) is 0 Å². The minimum absolute atomic E-state index is 0.725. The van der Waals surface area contributed by atoms with Gasteiger partial charge in [-0.25, -0.2) is 0 Å². The number of rotatable bonds is 52. The van der Waals surface area contributed by atoms with E-state index in [9.17, 15) is 0 Å². The summed E-state index contributed by atoms with van der Waals surface area (Å²) in [7, 11) is 0. The molecule has 0 radical (unpaired) electrons. The van der Waals surface area contributed by atoms with Crippen LogP contribution in [0.15, 0.2) is 168 Å². The zero-order valence-corrected chi connectivity index (χ0v) is 64.8. The van der Waals surface area contributed by atoms with E-state index in [1.165, 1.54) is 296 Å². The Hall–Kier alpha value is -6.56. The summed E-state index contributed by atoms with van der Waals surface area (Å²) in [6.07, 6.45) is 52.1. The van der Waals surface area contributed by atoms with Crippen LogP contribution in [0, 0.1) is 0 Å². The lowest BCUT2D eigenvalue weighted by molar-refractivity contribution is 0.304. The van der Waals surface area contributed by atoms with Crippen LogP contribution in [-0.4, -0.2) is 26.4 Å². The Morgan fingerprint density at radius 2 is 0.446 bits per heavy atom. The van der Waals surface area contributed by atoms with Gasteiger partial charge in [0.15, 0.2) is 0 Å². The van der Waals surface area contributed by atoms with Crippen molar-refractivity contribution >= 4 is 70.2 Å². The lowest BCUT2D eigenvalue weighted by Gasteiger charge is -2.19. The van der Waals surface area contributed by atoms with Gasteiger partial charge < -0.3 is 18.9 Å². The van der Waals surface area contributed by atoms with E-state index in [-0.39, 0.29) is 0 Å². The molecule has 0 saturated carbocycles. The Morgan fingerprint density at radius 1 is 0.228 bits per heavy atom. The highest BCUT2D eigenvalue weighted by molar-refractivity contribution is 9.10. The molecule has 0 aliphatic rings. The highest BCUT2D eigenvalue weighted by Crippen LogP contribution is 2.35. The molecular weight excluding hydrogens is 1300 g/mol. The first-order valence-corrected chi connectivity index (χ1v) is 41.9. The van der Waals surface area contributed by atoms with E-state index in [4.69, 9.17) is 18.9 Å². The number of ether oxygens (including phenoxy) is 4. The standard InChI is InChI=1S/C96H127BrO4/c1-5-9-13-17-21-25-29-33-37-43-67-98-85-59-50-76(51-60-85)93(77-52-61-86(62-53-77)99-68-44-38-34-30-26-22-18-14-10-6-2)95-89-72-80-47-41-42-48-81(80)73-90(89)96(92-75-83-71-84(97)58-49-82(83)74-91(92)95)94(78-54-63-87(64-55-78)100-69-45-39-35-31-27-23-19-15-11-7-3)79-56-65-88(66-57-79)101-70-46-40-36-32-28-24-20-16-12-8-4/h41-42,47-66,71-75H,5-40,43-46,67-70H2,1-4H3. The maximum Gasteiger partial charge on any atom is 0.119 e. The van der Waals surface area contributed by atoms with Gasteiger partial charge in [-0.1, -0.05) is 354 Å². The van der Waals surface area contributed by atoms with E-state index in [0.717, 1.165) is 102 Å². The molecule has 0 aliphatic carbocycles. The minimum atomic E-state index is 0.725. The van der Waals surface area contributed by atoms with E-state index < -0.39 is 0 Å². The Labute approximate surface area is 620 Å². The number of unbranched alkanes of at least 4 members (excludes halogenated alkanes) is 36. The second kappa shape index (κ2) is 46.2. The fraction of sp³-hybridized carbons (Fsp3) is 0.500. The third-order valence-corrected chi connectivity index (χ3v) is 21.5. The smallest absolute Gasteiger partial charge is 0.119 e. The lowest BCUT2D eigenvalue weighted by atomic mass is 9.84. The predicted molar refractivity (Wildman–Crippen MR) is 442 cm³/mol. The zero-order valence-electron chi connectivity index (χ0n) is 63.2. The van der Waals surface area contributed by atoms with Gasteiger partial charge in [0.25, 0.3) is 0 Å². The van der Waals surface area contributed by atoms with Crippen LogP contribution in [0.4, 0.5) is 0 Å². The van der Waals surface area contributed by atoms with E-state index in [2.05, 4.69) is 207 Å². The van der Waals surface area contributed by atoms with E-state index in [1.54, 1.807) is 0 Å². The second-order valence-electron chi connectivity index (χ2n) is 29.4. The first-order valence-electron chi connectivity index (χ1n) is 41.1. The monoisotopic (exact) mass is 1420 g/mol. The minimum Gasteiger partial charge on any atom is -0.494 e. The van der Waals surface area contributed by atoms with Crippen LogP contribution >= 0.6 is 15.9 Å². The summed E-state index contributed by atoms with van der Waals surface area (Å²) in [5.41, 5.74) is 6.91. The molecule has 0 fully saturated rings. The first kappa shape index (κ1) is 78.6. The summed E-state index contributed by atoms with van der Waals surface area (Å²) in [5, 5.41) is 12.0. The number of hydrogen-bond acceptors (Lipinski definition) is 4. The fourth-order valence-corrected chi connectivity index (χ4v) is 15.4. The van der Waals surface area contributed by atoms with Crippen LogP contribution in [0.3, 0.4) is 0 Å². The molecule has 5 heteroatoms. The van der Waals surface area contributed by atoms with Crippen molar-refractivity contribution in [2.45, 2.75) is 285 Å². The van der Waals surface area contributed by atoms with Gasteiger partial charge in [-0.15, -0.1) is 0 Å². The third-order valence-electron chi connectivity index (χ3n) is 21.0. The highest BCUT2D eigenvalue weighted by Gasteiger charge is 2.20. The molecule has 0 amide bonds. The largest absolute Gasteiger partial charge is 0.494 e. The van der Waals surface area contributed by atoms with Crippen LogP contribution < -0.4 is 29.4 Å². The Bertz CT molecular complexity index is 3760. The average molecular weight is 1420 g/mol. The fourth-order valence-electron chi connectivity index (χ4n) is 15.1. The average Bonchev–Trinajstić information content (AvgIpc) is 0.712. The Morgan fingerprint density at radius 3 is 0.693 bits per heavy atom. The third kappa shape index (κ3) is 26.0. The molecule has 9 aromatic carbocycles. The van der Waals surface area contributed by atoms with E-state index in [0.29, 0.717) is 0 Å². The summed E-state index contributed by atoms with van der Waals surface area (Å²) in [4.78, 5) is 0. The molecule has 9 rings (SSSR count). The maximum absolute atomic E-state index is 6.58. The number of halogens is 1. The van der Waals surface area contributed by atoms with E-state index in [1.807, 2.05) is 0 Å². The molecule has 0 saturated heterocycles. The summed E-state index contributed by atoms with van der Waals surface area (Å²) >= 11 is 3.93. The van der Waals surface area contributed by atoms with Gasteiger partial charge in [0.05, 0.1) is 26.4 Å². The molecule has 101 heavy (non-hydrogen) atoms. The summed E-state index contributed by atoms with van der Waals surface area (Å²) < 4.78 is 27.4. The topological polar surface area (TPSA) is 36.9 Å². The SMILES string of the molecule is CCCCCCCCCCCCOc1ccc(C(c2ccc(OCCCCCCCCCCCC)cc2)=c2c3cc4ccccc4cc3c(=C(c3ccc(OCCCCCCCCCCCC)cc3)c3ccc(OCCCCCCCCCCCC)cc3)c3cc4cc(Br)ccc4cc23)cc1. The molecule has 9 aromatic rings. The van der Waals surface area contributed by atoms with Crippen molar-refractivity contribution in [2.75, 3.05) is 26.4 Å². The van der Waals surface area contributed by atoms with Gasteiger partial charge in [-0.3, -0.25) is 0 Å². The van der Waals surface area contributed by atoms with Gasteiger partial charge >= 0.3 is 0 Å². The Kier molecular flexibility index (Phi) is 36.0. The van der Waals surface area contributed by atoms with Crippen molar-refractivity contribution in [1.82, 2.24) is 0 Å². The molecule has 0 heterocycles. The Balaban J connectivity index is 1.14. The molecule has 0 unspecified atom stereocenters. The maximum atomic E-state index is 6.58. The van der Waals surface area contributed by atoms with Crippen LogP contribution in [0.25, 0.3) is 54.2 Å².